The van der Waals surface area contributed by atoms with Crippen molar-refractivity contribution in [2.24, 2.45) is 17.6 Å². The summed E-state index contributed by atoms with van der Waals surface area (Å²) in [6.07, 6.45) is 0. The van der Waals surface area contributed by atoms with Gasteiger partial charge < -0.3 is 16.0 Å². The van der Waals surface area contributed by atoms with Gasteiger partial charge in [-0.3, -0.25) is 0 Å². The van der Waals surface area contributed by atoms with Crippen molar-refractivity contribution in [2.45, 2.75) is 40.7 Å². The van der Waals surface area contributed by atoms with Gasteiger partial charge in [-0.2, -0.15) is 0 Å². The largest absolute Gasteiger partial charge is 0.330 e. The molecule has 3 heteroatoms. The molecule has 16 heavy (non-hydrogen) atoms. The Morgan fingerprint density at radius 3 is 2.06 bits per heavy atom. The molecular formula is C13H31N3. The highest BCUT2D eigenvalue weighted by Gasteiger charge is 2.13. The Balaban J connectivity index is 3.82. The minimum atomic E-state index is 0.549. The first-order valence-corrected chi connectivity index (χ1v) is 6.70. The molecule has 0 aromatic heterocycles. The van der Waals surface area contributed by atoms with Crippen LogP contribution in [-0.2, 0) is 0 Å². The lowest BCUT2D eigenvalue weighted by Crippen LogP contribution is -2.42. The van der Waals surface area contributed by atoms with Crippen LogP contribution >= 0.6 is 0 Å². The summed E-state index contributed by atoms with van der Waals surface area (Å²) in [5, 5.41) is 3.59. The fraction of sp³-hybridized carbons (Fsp3) is 1.00. The van der Waals surface area contributed by atoms with E-state index >= 15 is 0 Å². The number of rotatable bonds is 9. The quantitative estimate of drug-likeness (QED) is 0.630. The van der Waals surface area contributed by atoms with Gasteiger partial charge in [0.05, 0.1) is 0 Å². The number of nitrogens with zero attached hydrogens (tertiary/aromatic N) is 1. The topological polar surface area (TPSA) is 41.3 Å². The summed E-state index contributed by atoms with van der Waals surface area (Å²) in [6.45, 7) is 16.4. The van der Waals surface area contributed by atoms with Crippen molar-refractivity contribution in [1.29, 1.82) is 0 Å². The summed E-state index contributed by atoms with van der Waals surface area (Å²) in [5.74, 6) is 1.26. The average molecular weight is 229 g/mol. The average Bonchev–Trinajstić information content (AvgIpc) is 2.26. The fourth-order valence-corrected chi connectivity index (χ4v) is 1.88. The van der Waals surface area contributed by atoms with E-state index in [4.69, 9.17) is 5.73 Å². The summed E-state index contributed by atoms with van der Waals surface area (Å²) >= 11 is 0. The second-order valence-electron chi connectivity index (χ2n) is 5.03. The summed E-state index contributed by atoms with van der Waals surface area (Å²) < 4.78 is 0. The van der Waals surface area contributed by atoms with Crippen LogP contribution in [0.3, 0.4) is 0 Å². The number of likely N-dealkylation sites (N-methyl/N-ethyl adjacent to an activating group) is 1. The minimum Gasteiger partial charge on any atom is -0.330 e. The number of nitrogens with one attached hydrogen (secondary N) is 1. The Hall–Kier alpha value is -0.120. The van der Waals surface area contributed by atoms with Crippen molar-refractivity contribution in [1.82, 2.24) is 10.2 Å². The summed E-state index contributed by atoms with van der Waals surface area (Å²) in [6, 6.07) is 0.549. The van der Waals surface area contributed by atoms with Gasteiger partial charge in [0.1, 0.15) is 0 Å². The van der Waals surface area contributed by atoms with E-state index < -0.39 is 0 Å². The van der Waals surface area contributed by atoms with Crippen LogP contribution in [0.5, 0.6) is 0 Å². The summed E-state index contributed by atoms with van der Waals surface area (Å²) in [7, 11) is 0. The molecule has 0 saturated carbocycles. The molecule has 0 aromatic rings. The molecule has 0 aliphatic heterocycles. The van der Waals surface area contributed by atoms with Gasteiger partial charge in [-0.25, -0.2) is 0 Å². The molecule has 0 fully saturated rings. The van der Waals surface area contributed by atoms with Crippen molar-refractivity contribution < 1.29 is 0 Å². The van der Waals surface area contributed by atoms with Crippen LogP contribution in [-0.4, -0.2) is 43.7 Å². The Labute approximate surface area is 102 Å². The Morgan fingerprint density at radius 2 is 1.69 bits per heavy atom. The molecular weight excluding hydrogens is 198 g/mol. The molecule has 0 bridgehead atoms. The molecule has 2 unspecified atom stereocenters. The molecule has 0 aliphatic rings. The van der Waals surface area contributed by atoms with E-state index in [-0.39, 0.29) is 0 Å². The molecule has 0 radical (unpaired) electrons. The zero-order valence-corrected chi connectivity index (χ0v) is 11.8. The highest BCUT2D eigenvalue weighted by Crippen LogP contribution is 2.07. The van der Waals surface area contributed by atoms with E-state index in [0.29, 0.717) is 17.9 Å². The van der Waals surface area contributed by atoms with Crippen LogP contribution in [0, 0.1) is 11.8 Å². The van der Waals surface area contributed by atoms with Crippen molar-refractivity contribution in [2.75, 3.05) is 32.7 Å². The second-order valence-corrected chi connectivity index (χ2v) is 5.03. The van der Waals surface area contributed by atoms with E-state index in [1.54, 1.807) is 0 Å². The monoisotopic (exact) mass is 229 g/mol. The minimum absolute atomic E-state index is 0.549. The van der Waals surface area contributed by atoms with E-state index in [1.807, 2.05) is 0 Å². The summed E-state index contributed by atoms with van der Waals surface area (Å²) in [4.78, 5) is 2.45. The van der Waals surface area contributed by atoms with Crippen LogP contribution in [0.25, 0.3) is 0 Å². The lowest BCUT2D eigenvalue weighted by Gasteiger charge is -2.26. The zero-order valence-electron chi connectivity index (χ0n) is 11.8. The molecule has 0 spiro atoms. The van der Waals surface area contributed by atoms with Gasteiger partial charge in [-0.1, -0.05) is 27.7 Å². The number of nitrogens with two attached hydrogens (primary N) is 1. The van der Waals surface area contributed by atoms with Crippen molar-refractivity contribution in [3.63, 3.8) is 0 Å². The summed E-state index contributed by atoms with van der Waals surface area (Å²) in [5.41, 5.74) is 5.76. The predicted octanol–water partition coefficient (Wildman–Crippen LogP) is 1.54. The molecule has 0 saturated heterocycles. The molecule has 2 atom stereocenters. The van der Waals surface area contributed by atoms with Crippen molar-refractivity contribution in [3.05, 3.63) is 0 Å². The van der Waals surface area contributed by atoms with E-state index in [2.05, 4.69) is 44.8 Å². The van der Waals surface area contributed by atoms with E-state index in [0.717, 1.165) is 32.7 Å². The first-order valence-electron chi connectivity index (χ1n) is 6.70. The standard InChI is InChI=1S/C13H31N3/c1-6-16(7-2)10-12(5)15-9-13(8-14)11(3)4/h11-13,15H,6-10,14H2,1-5H3. The van der Waals surface area contributed by atoms with Gasteiger partial charge in [-0.05, 0) is 44.9 Å². The van der Waals surface area contributed by atoms with E-state index in [1.165, 1.54) is 0 Å². The molecule has 0 aromatic carbocycles. The lowest BCUT2D eigenvalue weighted by atomic mass is 9.96. The molecule has 0 heterocycles. The fourth-order valence-electron chi connectivity index (χ4n) is 1.88. The Morgan fingerprint density at radius 1 is 1.12 bits per heavy atom. The molecule has 3 nitrogen and oxygen atoms in total. The van der Waals surface area contributed by atoms with Crippen LogP contribution in [0.15, 0.2) is 0 Å². The Bertz CT molecular complexity index is 155. The molecule has 0 rings (SSSR count). The number of hydrogen-bond acceptors (Lipinski definition) is 3. The third kappa shape index (κ3) is 6.46. The highest BCUT2D eigenvalue weighted by atomic mass is 15.1. The third-order valence-electron chi connectivity index (χ3n) is 3.40. The normalized spacial score (nSPS) is 15.8. The predicted molar refractivity (Wildman–Crippen MR) is 72.6 cm³/mol. The smallest absolute Gasteiger partial charge is 0.0166 e. The first kappa shape index (κ1) is 15.9. The third-order valence-corrected chi connectivity index (χ3v) is 3.40. The van der Waals surface area contributed by atoms with Gasteiger partial charge >= 0.3 is 0 Å². The maximum atomic E-state index is 5.76. The van der Waals surface area contributed by atoms with Crippen LogP contribution in [0.4, 0.5) is 0 Å². The maximum absolute atomic E-state index is 5.76. The number of hydrogen-bond donors (Lipinski definition) is 2. The second kappa shape index (κ2) is 8.97. The van der Waals surface area contributed by atoms with Gasteiger partial charge in [0, 0.05) is 12.6 Å². The molecule has 98 valence electrons. The van der Waals surface area contributed by atoms with Gasteiger partial charge in [-0.15, -0.1) is 0 Å². The molecule has 0 aliphatic carbocycles. The van der Waals surface area contributed by atoms with Crippen molar-refractivity contribution in [3.8, 4) is 0 Å². The SMILES string of the molecule is CCN(CC)CC(C)NCC(CN)C(C)C. The van der Waals surface area contributed by atoms with Crippen LogP contribution < -0.4 is 11.1 Å². The zero-order chi connectivity index (χ0) is 12.6. The van der Waals surface area contributed by atoms with Gasteiger partial charge in [0.2, 0.25) is 0 Å². The highest BCUT2D eigenvalue weighted by molar-refractivity contribution is 4.72. The molecule has 0 amide bonds. The Kier molecular flexibility index (Phi) is 8.90. The van der Waals surface area contributed by atoms with Gasteiger partial charge in [0.15, 0.2) is 0 Å². The van der Waals surface area contributed by atoms with Crippen LogP contribution in [0.1, 0.15) is 34.6 Å². The maximum Gasteiger partial charge on any atom is 0.0166 e. The van der Waals surface area contributed by atoms with E-state index in [9.17, 15) is 0 Å². The van der Waals surface area contributed by atoms with Gasteiger partial charge in [0.25, 0.3) is 0 Å². The van der Waals surface area contributed by atoms with Crippen LogP contribution in [0.2, 0.25) is 0 Å². The molecule has 3 N–H and O–H groups in total. The first-order chi connectivity index (χ1) is 7.54. The van der Waals surface area contributed by atoms with Crippen molar-refractivity contribution >= 4 is 0 Å². The lowest BCUT2D eigenvalue weighted by molar-refractivity contribution is 0.259.